The summed E-state index contributed by atoms with van der Waals surface area (Å²) in [4.78, 5) is 24.4. The van der Waals surface area contributed by atoms with Crippen molar-refractivity contribution in [2.24, 2.45) is 5.92 Å². The van der Waals surface area contributed by atoms with Gasteiger partial charge in [0, 0.05) is 19.0 Å². The summed E-state index contributed by atoms with van der Waals surface area (Å²) >= 11 is 5.94. The van der Waals surface area contributed by atoms with Gasteiger partial charge in [0.2, 0.25) is 5.91 Å². The maximum atomic E-state index is 11.7. The minimum absolute atomic E-state index is 0.0797. The molecular formula is C11H16ClNO3. The zero-order chi connectivity index (χ0) is 11.7. The van der Waals surface area contributed by atoms with Gasteiger partial charge >= 0.3 is 5.97 Å². The Labute approximate surface area is 99.6 Å². The first kappa shape index (κ1) is 11.7. The van der Waals surface area contributed by atoms with E-state index < -0.39 is 5.97 Å². The first-order valence-corrected chi connectivity index (χ1v) is 6.18. The molecule has 1 amide bonds. The van der Waals surface area contributed by atoms with Crippen LogP contribution in [0.25, 0.3) is 0 Å². The molecule has 4 nitrogen and oxygen atoms in total. The SMILES string of the molecule is O=C(O)C1CCCC(N2CC(Cl)CC2=O)C1. The zero-order valence-corrected chi connectivity index (χ0v) is 9.82. The second-order valence-electron chi connectivity index (χ2n) is 4.70. The molecule has 2 rings (SSSR count). The van der Waals surface area contributed by atoms with Crippen LogP contribution in [0.1, 0.15) is 32.1 Å². The fourth-order valence-corrected chi connectivity index (χ4v) is 2.99. The van der Waals surface area contributed by atoms with Crippen molar-refractivity contribution in [3.05, 3.63) is 0 Å². The van der Waals surface area contributed by atoms with E-state index in [9.17, 15) is 9.59 Å². The Hall–Kier alpha value is -0.770. The van der Waals surface area contributed by atoms with Gasteiger partial charge in [-0.3, -0.25) is 9.59 Å². The Morgan fingerprint density at radius 1 is 1.44 bits per heavy atom. The Bertz CT molecular complexity index is 308. The molecular weight excluding hydrogens is 230 g/mol. The molecule has 0 aromatic carbocycles. The van der Waals surface area contributed by atoms with Gasteiger partial charge in [0.25, 0.3) is 0 Å². The Kier molecular flexibility index (Phi) is 3.38. The van der Waals surface area contributed by atoms with Gasteiger partial charge in [-0.05, 0) is 19.3 Å². The van der Waals surface area contributed by atoms with Gasteiger partial charge in [-0.15, -0.1) is 11.6 Å². The Morgan fingerprint density at radius 3 is 2.75 bits per heavy atom. The minimum atomic E-state index is -0.737. The van der Waals surface area contributed by atoms with E-state index in [2.05, 4.69) is 0 Å². The number of halogens is 1. The highest BCUT2D eigenvalue weighted by atomic mass is 35.5. The van der Waals surface area contributed by atoms with Gasteiger partial charge in [-0.1, -0.05) is 6.42 Å². The van der Waals surface area contributed by atoms with Crippen LogP contribution in [0.15, 0.2) is 0 Å². The molecule has 1 saturated heterocycles. The number of likely N-dealkylation sites (tertiary alicyclic amines) is 1. The number of hydrogen-bond donors (Lipinski definition) is 1. The molecule has 0 aromatic rings. The van der Waals surface area contributed by atoms with Crippen LogP contribution in [0.3, 0.4) is 0 Å². The Balaban J connectivity index is 1.99. The molecule has 1 N–H and O–H groups in total. The lowest BCUT2D eigenvalue weighted by Gasteiger charge is -2.33. The van der Waals surface area contributed by atoms with Crippen LogP contribution in [0.4, 0.5) is 0 Å². The molecule has 0 spiro atoms. The third kappa shape index (κ3) is 2.32. The fraction of sp³-hybridized carbons (Fsp3) is 0.818. The van der Waals surface area contributed by atoms with Crippen molar-refractivity contribution < 1.29 is 14.7 Å². The molecule has 2 aliphatic rings. The third-order valence-corrected chi connectivity index (χ3v) is 3.84. The van der Waals surface area contributed by atoms with E-state index in [1.807, 2.05) is 0 Å². The number of carboxylic acids is 1. The zero-order valence-electron chi connectivity index (χ0n) is 9.06. The van der Waals surface area contributed by atoms with Crippen molar-refractivity contribution in [1.29, 1.82) is 0 Å². The predicted octanol–water partition coefficient (Wildman–Crippen LogP) is 1.47. The lowest BCUT2D eigenvalue weighted by Crippen LogP contribution is -2.41. The van der Waals surface area contributed by atoms with Gasteiger partial charge in [0.1, 0.15) is 0 Å². The third-order valence-electron chi connectivity index (χ3n) is 3.55. The highest BCUT2D eigenvalue weighted by molar-refractivity contribution is 6.22. The largest absolute Gasteiger partial charge is 0.481 e. The first-order valence-electron chi connectivity index (χ1n) is 5.74. The molecule has 16 heavy (non-hydrogen) atoms. The molecule has 5 heteroatoms. The van der Waals surface area contributed by atoms with E-state index >= 15 is 0 Å². The molecule has 1 heterocycles. The van der Waals surface area contributed by atoms with Crippen LogP contribution in [-0.2, 0) is 9.59 Å². The number of carboxylic acid groups (broad SMARTS) is 1. The van der Waals surface area contributed by atoms with Crippen LogP contribution in [0, 0.1) is 5.92 Å². The van der Waals surface area contributed by atoms with Gasteiger partial charge in [0.05, 0.1) is 11.3 Å². The van der Waals surface area contributed by atoms with E-state index in [1.54, 1.807) is 4.90 Å². The molecule has 1 saturated carbocycles. The fourth-order valence-electron chi connectivity index (χ4n) is 2.71. The minimum Gasteiger partial charge on any atom is -0.481 e. The number of nitrogens with zero attached hydrogens (tertiary/aromatic N) is 1. The van der Waals surface area contributed by atoms with Crippen molar-refractivity contribution >= 4 is 23.5 Å². The van der Waals surface area contributed by atoms with Gasteiger partial charge < -0.3 is 10.0 Å². The molecule has 90 valence electrons. The van der Waals surface area contributed by atoms with Crippen molar-refractivity contribution in [2.45, 2.75) is 43.5 Å². The standard InChI is InChI=1S/C11H16ClNO3/c12-8-5-10(14)13(6-8)9-3-1-2-7(4-9)11(15)16/h7-9H,1-6H2,(H,15,16). The first-order chi connectivity index (χ1) is 7.58. The number of amides is 1. The molecule has 0 bridgehead atoms. The maximum Gasteiger partial charge on any atom is 0.306 e. The lowest BCUT2D eigenvalue weighted by molar-refractivity contribution is -0.144. The average Bonchev–Trinajstić information content (AvgIpc) is 2.58. The van der Waals surface area contributed by atoms with E-state index in [-0.39, 0.29) is 23.2 Å². The second-order valence-corrected chi connectivity index (χ2v) is 5.32. The summed E-state index contributed by atoms with van der Waals surface area (Å²) in [6.07, 6.45) is 3.52. The highest BCUT2D eigenvalue weighted by Crippen LogP contribution is 2.31. The molecule has 2 fully saturated rings. The number of alkyl halides is 1. The van der Waals surface area contributed by atoms with Crippen LogP contribution >= 0.6 is 11.6 Å². The number of carbonyl (C=O) groups is 2. The number of hydrogen-bond acceptors (Lipinski definition) is 2. The molecule has 1 aliphatic carbocycles. The second kappa shape index (κ2) is 4.62. The molecule has 0 aromatic heterocycles. The summed E-state index contributed by atoms with van der Waals surface area (Å²) in [6.45, 7) is 0.581. The molecule has 0 radical (unpaired) electrons. The predicted molar refractivity (Wildman–Crippen MR) is 59.4 cm³/mol. The van der Waals surface area contributed by atoms with Gasteiger partial charge in [-0.2, -0.15) is 0 Å². The Morgan fingerprint density at radius 2 is 2.19 bits per heavy atom. The smallest absolute Gasteiger partial charge is 0.306 e. The lowest BCUT2D eigenvalue weighted by atomic mass is 9.85. The van der Waals surface area contributed by atoms with E-state index in [4.69, 9.17) is 16.7 Å². The number of rotatable bonds is 2. The van der Waals surface area contributed by atoms with Crippen molar-refractivity contribution in [3.8, 4) is 0 Å². The summed E-state index contributed by atoms with van der Waals surface area (Å²) < 4.78 is 0. The van der Waals surface area contributed by atoms with E-state index in [0.29, 0.717) is 19.4 Å². The van der Waals surface area contributed by atoms with Crippen molar-refractivity contribution in [2.75, 3.05) is 6.54 Å². The summed E-state index contributed by atoms with van der Waals surface area (Å²) in [5.74, 6) is -0.948. The number of carbonyl (C=O) groups excluding carboxylic acids is 1. The van der Waals surface area contributed by atoms with Crippen molar-refractivity contribution in [1.82, 2.24) is 4.90 Å². The molecule has 3 unspecified atom stereocenters. The average molecular weight is 246 g/mol. The van der Waals surface area contributed by atoms with E-state index in [1.165, 1.54) is 0 Å². The highest BCUT2D eigenvalue weighted by Gasteiger charge is 2.37. The summed E-state index contributed by atoms with van der Waals surface area (Å²) in [5.41, 5.74) is 0. The number of aliphatic carboxylic acids is 1. The van der Waals surface area contributed by atoms with Crippen LogP contribution in [0.5, 0.6) is 0 Å². The molecule has 1 aliphatic heterocycles. The normalized spacial score (nSPS) is 35.4. The van der Waals surface area contributed by atoms with E-state index in [0.717, 1.165) is 19.3 Å². The maximum absolute atomic E-state index is 11.7. The summed E-state index contributed by atoms with van der Waals surface area (Å²) in [5, 5.41) is 8.89. The topological polar surface area (TPSA) is 57.6 Å². The van der Waals surface area contributed by atoms with Crippen LogP contribution in [-0.4, -0.2) is 39.8 Å². The van der Waals surface area contributed by atoms with Gasteiger partial charge in [-0.25, -0.2) is 0 Å². The molecule has 3 atom stereocenters. The van der Waals surface area contributed by atoms with Crippen molar-refractivity contribution in [3.63, 3.8) is 0 Å². The summed E-state index contributed by atoms with van der Waals surface area (Å²) in [7, 11) is 0. The van der Waals surface area contributed by atoms with Crippen LogP contribution < -0.4 is 0 Å². The summed E-state index contributed by atoms with van der Waals surface area (Å²) in [6, 6.07) is 0.0890. The quantitative estimate of drug-likeness (QED) is 0.750. The monoisotopic (exact) mass is 245 g/mol. The van der Waals surface area contributed by atoms with Crippen LogP contribution in [0.2, 0.25) is 0 Å². The van der Waals surface area contributed by atoms with Gasteiger partial charge in [0.15, 0.2) is 0 Å².